The van der Waals surface area contributed by atoms with Crippen LogP contribution in [0.2, 0.25) is 0 Å². The van der Waals surface area contributed by atoms with Gasteiger partial charge in [-0.1, -0.05) is 6.92 Å². The average molecular weight is 206 g/mol. The van der Waals surface area contributed by atoms with E-state index in [1.165, 1.54) is 0 Å². The largest absolute Gasteiger partial charge is 0.464 e. The van der Waals surface area contributed by atoms with E-state index in [9.17, 15) is 0 Å². The number of nitrogens with two attached hydrogens (primary N) is 1. The average Bonchev–Trinajstić information content (AvgIpc) is 2.52. The molecule has 0 aliphatic heterocycles. The van der Waals surface area contributed by atoms with Crippen LogP contribution in [-0.2, 0) is 6.42 Å². The van der Waals surface area contributed by atoms with Gasteiger partial charge in [-0.3, -0.25) is 0 Å². The lowest BCUT2D eigenvalue weighted by molar-refractivity contribution is 0.267. The summed E-state index contributed by atoms with van der Waals surface area (Å²) in [5.74, 6) is 1.71. The summed E-state index contributed by atoms with van der Waals surface area (Å²) in [5, 5.41) is 8.64. The van der Waals surface area contributed by atoms with Crippen molar-refractivity contribution < 1.29 is 9.52 Å². The smallest absolute Gasteiger partial charge is 0.120 e. The maximum Gasteiger partial charge on any atom is 0.120 e. The molecule has 0 aromatic carbocycles. The Morgan fingerprint density at radius 1 is 1.54 bits per heavy atom. The fraction of sp³-hybridized carbons (Fsp3) is 0.556. The summed E-state index contributed by atoms with van der Waals surface area (Å²) >= 11 is 0. The molecule has 1 aromatic rings. The molecule has 13 heavy (non-hydrogen) atoms. The summed E-state index contributed by atoms with van der Waals surface area (Å²) in [5.41, 5.74) is 5.72. The first kappa shape index (κ1) is 12.5. The van der Waals surface area contributed by atoms with Crippen molar-refractivity contribution in [2.24, 2.45) is 5.73 Å². The van der Waals surface area contributed by atoms with E-state index in [1.54, 1.807) is 0 Å². The monoisotopic (exact) mass is 205 g/mol. The number of aryl methyl sites for hydroxylation is 1. The van der Waals surface area contributed by atoms with E-state index in [0.29, 0.717) is 6.42 Å². The number of halogens is 1. The summed E-state index contributed by atoms with van der Waals surface area (Å²) in [6, 6.07) is 3.63. The zero-order valence-electron chi connectivity index (χ0n) is 7.69. The van der Waals surface area contributed by atoms with E-state index < -0.39 is 0 Å². The molecule has 1 unspecified atom stereocenters. The van der Waals surface area contributed by atoms with Gasteiger partial charge in [-0.25, -0.2) is 0 Å². The normalized spacial score (nSPS) is 12.2. The van der Waals surface area contributed by atoms with Crippen LogP contribution in [0, 0.1) is 0 Å². The molecule has 0 aliphatic carbocycles. The summed E-state index contributed by atoms with van der Waals surface area (Å²) in [6.07, 6.45) is 1.43. The molecular formula is C9H16ClNO2. The highest BCUT2D eigenvalue weighted by molar-refractivity contribution is 5.85. The van der Waals surface area contributed by atoms with Gasteiger partial charge in [0.2, 0.25) is 0 Å². The van der Waals surface area contributed by atoms with Crippen LogP contribution < -0.4 is 5.73 Å². The molecule has 4 heteroatoms. The van der Waals surface area contributed by atoms with Crippen LogP contribution in [0.3, 0.4) is 0 Å². The number of aliphatic hydroxyl groups excluding tert-OH is 1. The summed E-state index contributed by atoms with van der Waals surface area (Å²) in [7, 11) is 0. The molecule has 0 saturated heterocycles. The van der Waals surface area contributed by atoms with Crippen molar-refractivity contribution in [3.05, 3.63) is 23.7 Å². The first-order valence-corrected chi connectivity index (χ1v) is 4.23. The van der Waals surface area contributed by atoms with Crippen molar-refractivity contribution in [1.82, 2.24) is 0 Å². The SMILES string of the molecule is CCc1ccc(C(N)CCO)o1.Cl. The Bertz CT molecular complexity index is 237. The topological polar surface area (TPSA) is 59.4 Å². The first-order valence-electron chi connectivity index (χ1n) is 4.23. The number of hydrogen-bond donors (Lipinski definition) is 2. The van der Waals surface area contributed by atoms with E-state index in [2.05, 4.69) is 0 Å². The lowest BCUT2D eigenvalue weighted by atomic mass is 10.2. The Hall–Kier alpha value is -0.510. The van der Waals surface area contributed by atoms with E-state index in [4.69, 9.17) is 15.3 Å². The van der Waals surface area contributed by atoms with Gasteiger partial charge < -0.3 is 15.3 Å². The molecule has 76 valence electrons. The second kappa shape index (κ2) is 6.02. The van der Waals surface area contributed by atoms with E-state index in [0.717, 1.165) is 17.9 Å². The Morgan fingerprint density at radius 2 is 2.23 bits per heavy atom. The van der Waals surface area contributed by atoms with Gasteiger partial charge in [0.05, 0.1) is 6.04 Å². The minimum Gasteiger partial charge on any atom is -0.464 e. The van der Waals surface area contributed by atoms with Crippen molar-refractivity contribution in [3.63, 3.8) is 0 Å². The van der Waals surface area contributed by atoms with Gasteiger partial charge in [0.1, 0.15) is 11.5 Å². The highest BCUT2D eigenvalue weighted by atomic mass is 35.5. The molecule has 0 spiro atoms. The van der Waals surface area contributed by atoms with Crippen LogP contribution in [0.5, 0.6) is 0 Å². The molecule has 0 radical (unpaired) electrons. The zero-order valence-corrected chi connectivity index (χ0v) is 8.51. The van der Waals surface area contributed by atoms with Crippen LogP contribution in [0.25, 0.3) is 0 Å². The Kier molecular flexibility index (Phi) is 5.79. The second-order valence-electron chi connectivity index (χ2n) is 2.78. The summed E-state index contributed by atoms with van der Waals surface area (Å²) < 4.78 is 5.41. The van der Waals surface area contributed by atoms with E-state index >= 15 is 0 Å². The number of rotatable bonds is 4. The fourth-order valence-electron chi connectivity index (χ4n) is 1.07. The maximum atomic E-state index is 8.64. The molecule has 0 amide bonds. The van der Waals surface area contributed by atoms with Gasteiger partial charge in [0.25, 0.3) is 0 Å². The number of hydrogen-bond acceptors (Lipinski definition) is 3. The predicted molar refractivity (Wildman–Crippen MR) is 54.0 cm³/mol. The molecule has 1 atom stereocenters. The molecule has 1 aromatic heterocycles. The van der Waals surface area contributed by atoms with Crippen LogP contribution in [0.15, 0.2) is 16.5 Å². The quantitative estimate of drug-likeness (QED) is 0.786. The van der Waals surface area contributed by atoms with Crippen LogP contribution >= 0.6 is 12.4 Å². The van der Waals surface area contributed by atoms with Gasteiger partial charge >= 0.3 is 0 Å². The van der Waals surface area contributed by atoms with Crippen molar-refractivity contribution in [2.45, 2.75) is 25.8 Å². The first-order chi connectivity index (χ1) is 5.77. The van der Waals surface area contributed by atoms with Gasteiger partial charge in [-0.15, -0.1) is 12.4 Å². The van der Waals surface area contributed by atoms with Gasteiger partial charge in [-0.2, -0.15) is 0 Å². The lowest BCUT2D eigenvalue weighted by Crippen LogP contribution is -2.10. The van der Waals surface area contributed by atoms with Crippen LogP contribution in [0.1, 0.15) is 30.9 Å². The van der Waals surface area contributed by atoms with Gasteiger partial charge in [-0.05, 0) is 18.6 Å². The maximum absolute atomic E-state index is 8.64. The Labute approximate surface area is 84.3 Å². The van der Waals surface area contributed by atoms with Crippen molar-refractivity contribution in [2.75, 3.05) is 6.61 Å². The minimum absolute atomic E-state index is 0. The Morgan fingerprint density at radius 3 is 2.69 bits per heavy atom. The molecule has 3 nitrogen and oxygen atoms in total. The molecule has 0 saturated carbocycles. The van der Waals surface area contributed by atoms with Crippen molar-refractivity contribution >= 4 is 12.4 Å². The third-order valence-electron chi connectivity index (χ3n) is 1.84. The third-order valence-corrected chi connectivity index (χ3v) is 1.84. The fourth-order valence-corrected chi connectivity index (χ4v) is 1.07. The lowest BCUT2D eigenvalue weighted by Gasteiger charge is -2.04. The van der Waals surface area contributed by atoms with E-state index in [-0.39, 0.29) is 25.1 Å². The Balaban J connectivity index is 0.00000144. The highest BCUT2D eigenvalue weighted by Gasteiger charge is 2.09. The molecule has 0 fully saturated rings. The standard InChI is InChI=1S/C9H15NO2.ClH/c1-2-7-3-4-9(12-7)8(10)5-6-11;/h3-4,8,11H,2,5-6,10H2,1H3;1H. The van der Waals surface area contributed by atoms with Crippen LogP contribution in [-0.4, -0.2) is 11.7 Å². The second-order valence-corrected chi connectivity index (χ2v) is 2.78. The molecule has 3 N–H and O–H groups in total. The molecule has 1 heterocycles. The summed E-state index contributed by atoms with van der Waals surface area (Å²) in [4.78, 5) is 0. The van der Waals surface area contributed by atoms with Gasteiger partial charge in [0.15, 0.2) is 0 Å². The number of furan rings is 1. The van der Waals surface area contributed by atoms with E-state index in [1.807, 2.05) is 19.1 Å². The highest BCUT2D eigenvalue weighted by Crippen LogP contribution is 2.17. The van der Waals surface area contributed by atoms with Crippen molar-refractivity contribution in [1.29, 1.82) is 0 Å². The molecular weight excluding hydrogens is 190 g/mol. The molecule has 0 bridgehead atoms. The predicted octanol–water partition coefficient (Wildman–Crippen LogP) is 1.65. The third kappa shape index (κ3) is 3.38. The zero-order chi connectivity index (χ0) is 8.97. The minimum atomic E-state index is -0.171. The molecule has 0 aliphatic rings. The number of aliphatic hydroxyl groups is 1. The molecule has 1 rings (SSSR count). The summed E-state index contributed by atoms with van der Waals surface area (Å²) in [6.45, 7) is 2.13. The van der Waals surface area contributed by atoms with Gasteiger partial charge in [0, 0.05) is 13.0 Å². The van der Waals surface area contributed by atoms with Crippen LogP contribution in [0.4, 0.5) is 0 Å². The van der Waals surface area contributed by atoms with Crippen molar-refractivity contribution in [3.8, 4) is 0 Å².